The molecule has 0 saturated carbocycles. The van der Waals surface area contributed by atoms with Gasteiger partial charge in [-0.15, -0.1) is 0 Å². The molecule has 0 bridgehead atoms. The number of halogens is 1. The van der Waals surface area contributed by atoms with E-state index < -0.39 is 11.8 Å². The molecule has 74 valence electrons. The Bertz CT molecular complexity index is 360. The number of ketones is 1. The smallest absolute Gasteiger partial charge is 0.374 e. The fourth-order valence-corrected chi connectivity index (χ4v) is 1.43. The third-order valence-corrected chi connectivity index (χ3v) is 2.50. The van der Waals surface area contributed by atoms with E-state index in [4.69, 9.17) is 0 Å². The van der Waals surface area contributed by atoms with Gasteiger partial charge in [-0.3, -0.25) is 4.79 Å². The minimum Gasteiger partial charge on any atom is -0.463 e. The van der Waals surface area contributed by atoms with Crippen molar-refractivity contribution in [2.45, 2.75) is 6.42 Å². The van der Waals surface area contributed by atoms with E-state index in [1.54, 1.807) is 6.07 Å². The van der Waals surface area contributed by atoms with Crippen LogP contribution in [0, 0.1) is 0 Å². The van der Waals surface area contributed by atoms with Gasteiger partial charge in [-0.1, -0.05) is 34.1 Å². The highest BCUT2D eigenvalue weighted by Crippen LogP contribution is 2.16. The lowest BCUT2D eigenvalue weighted by atomic mass is 10.1. The van der Waals surface area contributed by atoms with Gasteiger partial charge in [0.25, 0.3) is 0 Å². The Morgan fingerprint density at radius 2 is 2.00 bits per heavy atom. The largest absolute Gasteiger partial charge is 0.463 e. The van der Waals surface area contributed by atoms with Crippen molar-refractivity contribution in [1.82, 2.24) is 0 Å². The number of ether oxygens (including phenoxy) is 1. The van der Waals surface area contributed by atoms with Crippen LogP contribution in [0.25, 0.3) is 0 Å². The van der Waals surface area contributed by atoms with Crippen molar-refractivity contribution in [3.63, 3.8) is 0 Å². The van der Waals surface area contributed by atoms with E-state index in [1.807, 2.05) is 18.2 Å². The number of carbonyl (C=O) groups excluding carboxylic acids is 2. The van der Waals surface area contributed by atoms with Crippen molar-refractivity contribution in [3.8, 4) is 0 Å². The molecule has 0 heterocycles. The Kier molecular flexibility index (Phi) is 3.83. The third kappa shape index (κ3) is 2.67. The van der Waals surface area contributed by atoms with Crippen LogP contribution in [0.3, 0.4) is 0 Å². The van der Waals surface area contributed by atoms with Gasteiger partial charge in [-0.05, 0) is 11.6 Å². The molecular weight excluding hydrogens is 248 g/mol. The van der Waals surface area contributed by atoms with Crippen molar-refractivity contribution in [1.29, 1.82) is 0 Å². The lowest BCUT2D eigenvalue weighted by Crippen LogP contribution is -2.17. The maximum absolute atomic E-state index is 11.2. The van der Waals surface area contributed by atoms with Crippen LogP contribution in [0.15, 0.2) is 28.7 Å². The van der Waals surface area contributed by atoms with E-state index in [9.17, 15) is 9.59 Å². The maximum atomic E-state index is 11.2. The van der Waals surface area contributed by atoms with Gasteiger partial charge in [-0.25, -0.2) is 4.79 Å². The molecule has 0 N–H and O–H groups in total. The summed E-state index contributed by atoms with van der Waals surface area (Å²) in [5.74, 6) is -1.35. The van der Waals surface area contributed by atoms with E-state index in [0.717, 1.165) is 10.0 Å². The molecule has 0 amide bonds. The van der Waals surface area contributed by atoms with Crippen molar-refractivity contribution in [2.75, 3.05) is 7.11 Å². The fraction of sp³-hybridized carbons (Fsp3) is 0.200. The first-order valence-corrected chi connectivity index (χ1v) is 4.79. The van der Waals surface area contributed by atoms with Crippen LogP contribution in [0.2, 0.25) is 0 Å². The average Bonchev–Trinajstić information content (AvgIpc) is 2.20. The van der Waals surface area contributed by atoms with Crippen LogP contribution in [-0.2, 0) is 20.7 Å². The molecule has 0 aliphatic carbocycles. The van der Waals surface area contributed by atoms with Gasteiger partial charge >= 0.3 is 5.97 Å². The fourth-order valence-electron chi connectivity index (χ4n) is 1.00. The minimum atomic E-state index is -0.805. The summed E-state index contributed by atoms with van der Waals surface area (Å²) in [6, 6.07) is 7.26. The summed E-state index contributed by atoms with van der Waals surface area (Å²) >= 11 is 3.29. The summed E-state index contributed by atoms with van der Waals surface area (Å²) in [6.07, 6.45) is 0.0636. The number of Topliss-reactive ketones (excluding diaryl/α,β-unsaturated/α-hetero) is 1. The Hall–Kier alpha value is -1.16. The quantitative estimate of drug-likeness (QED) is 0.611. The molecule has 1 aromatic rings. The number of esters is 1. The van der Waals surface area contributed by atoms with E-state index in [0.29, 0.717) is 0 Å². The first kappa shape index (κ1) is 10.9. The summed E-state index contributed by atoms with van der Waals surface area (Å²) in [5.41, 5.74) is 0.780. The molecule has 1 aromatic carbocycles. The van der Waals surface area contributed by atoms with Crippen molar-refractivity contribution in [3.05, 3.63) is 34.3 Å². The minimum absolute atomic E-state index is 0.0636. The van der Waals surface area contributed by atoms with Gasteiger partial charge in [0.05, 0.1) is 7.11 Å². The van der Waals surface area contributed by atoms with Gasteiger partial charge in [0.2, 0.25) is 5.78 Å². The standard InChI is InChI=1S/C10H9BrO3/c1-14-10(13)9(12)6-7-4-2-3-5-8(7)11/h2-5H,6H2,1H3. The summed E-state index contributed by atoms with van der Waals surface area (Å²) in [5, 5.41) is 0. The predicted octanol–water partition coefficient (Wildman–Crippen LogP) is 1.73. The monoisotopic (exact) mass is 256 g/mol. The molecule has 4 heteroatoms. The van der Waals surface area contributed by atoms with Gasteiger partial charge < -0.3 is 4.74 Å². The lowest BCUT2D eigenvalue weighted by molar-refractivity contribution is -0.151. The van der Waals surface area contributed by atoms with E-state index in [2.05, 4.69) is 20.7 Å². The molecule has 0 aliphatic heterocycles. The van der Waals surface area contributed by atoms with Gasteiger partial charge in [-0.2, -0.15) is 0 Å². The maximum Gasteiger partial charge on any atom is 0.374 e. The first-order chi connectivity index (χ1) is 6.65. The van der Waals surface area contributed by atoms with Crippen molar-refractivity contribution < 1.29 is 14.3 Å². The Balaban J connectivity index is 2.75. The van der Waals surface area contributed by atoms with Crippen LogP contribution >= 0.6 is 15.9 Å². The van der Waals surface area contributed by atoms with Gasteiger partial charge in [0.15, 0.2) is 0 Å². The highest BCUT2D eigenvalue weighted by molar-refractivity contribution is 9.10. The zero-order valence-corrected chi connectivity index (χ0v) is 9.21. The highest BCUT2D eigenvalue weighted by atomic mass is 79.9. The van der Waals surface area contributed by atoms with E-state index in [-0.39, 0.29) is 6.42 Å². The molecule has 0 unspecified atom stereocenters. The molecule has 0 saturated heterocycles. The zero-order chi connectivity index (χ0) is 10.6. The molecule has 0 radical (unpaired) electrons. The Morgan fingerprint density at radius 3 is 2.57 bits per heavy atom. The van der Waals surface area contributed by atoms with E-state index >= 15 is 0 Å². The topological polar surface area (TPSA) is 43.4 Å². The Labute approximate surface area is 90.2 Å². The second-order valence-electron chi connectivity index (χ2n) is 2.68. The van der Waals surface area contributed by atoms with Crippen LogP contribution in [0.1, 0.15) is 5.56 Å². The van der Waals surface area contributed by atoms with Crippen LogP contribution in [0.5, 0.6) is 0 Å². The summed E-state index contributed by atoms with van der Waals surface area (Å²) in [6.45, 7) is 0. The molecule has 3 nitrogen and oxygen atoms in total. The van der Waals surface area contributed by atoms with Crippen LogP contribution < -0.4 is 0 Å². The number of hydrogen-bond donors (Lipinski definition) is 0. The zero-order valence-electron chi connectivity index (χ0n) is 7.62. The number of benzene rings is 1. The lowest BCUT2D eigenvalue weighted by Gasteiger charge is -2.01. The molecule has 0 fully saturated rings. The third-order valence-electron chi connectivity index (χ3n) is 1.72. The molecule has 0 atom stereocenters. The molecule has 0 aromatic heterocycles. The molecule has 1 rings (SSSR count). The summed E-state index contributed by atoms with van der Waals surface area (Å²) < 4.78 is 5.14. The number of methoxy groups -OCH3 is 1. The van der Waals surface area contributed by atoms with Crippen LogP contribution in [0.4, 0.5) is 0 Å². The summed E-state index contributed by atoms with van der Waals surface area (Å²) in [4.78, 5) is 22.0. The molecular formula is C10H9BrO3. The molecule has 14 heavy (non-hydrogen) atoms. The summed E-state index contributed by atoms with van der Waals surface area (Å²) in [7, 11) is 1.19. The van der Waals surface area contributed by atoms with Gasteiger partial charge in [0.1, 0.15) is 0 Å². The second kappa shape index (κ2) is 4.91. The van der Waals surface area contributed by atoms with Crippen LogP contribution in [-0.4, -0.2) is 18.9 Å². The first-order valence-electron chi connectivity index (χ1n) is 3.99. The van der Waals surface area contributed by atoms with Gasteiger partial charge in [0, 0.05) is 10.9 Å². The second-order valence-corrected chi connectivity index (χ2v) is 3.54. The number of hydrogen-bond acceptors (Lipinski definition) is 3. The normalized spacial score (nSPS) is 9.57. The Morgan fingerprint density at radius 1 is 1.36 bits per heavy atom. The highest BCUT2D eigenvalue weighted by Gasteiger charge is 2.15. The number of carbonyl (C=O) groups is 2. The number of rotatable bonds is 3. The molecule has 0 aliphatic rings. The average molecular weight is 257 g/mol. The van der Waals surface area contributed by atoms with E-state index in [1.165, 1.54) is 7.11 Å². The SMILES string of the molecule is COC(=O)C(=O)Cc1ccccc1Br. The van der Waals surface area contributed by atoms with Crippen molar-refractivity contribution >= 4 is 27.7 Å². The molecule has 0 spiro atoms. The predicted molar refractivity (Wildman–Crippen MR) is 54.9 cm³/mol. The van der Waals surface area contributed by atoms with Crippen molar-refractivity contribution in [2.24, 2.45) is 0 Å².